The predicted molar refractivity (Wildman–Crippen MR) is 149 cm³/mol. The molecule has 7 nitrogen and oxygen atoms in total. The van der Waals surface area contributed by atoms with Crippen molar-refractivity contribution in [2.75, 3.05) is 17.1 Å². The molecule has 0 aliphatic heterocycles. The quantitative estimate of drug-likeness (QED) is 0.211. The van der Waals surface area contributed by atoms with Gasteiger partial charge in [0.05, 0.1) is 34.0 Å². The van der Waals surface area contributed by atoms with Crippen LogP contribution in [-0.4, -0.2) is 21.4 Å². The lowest BCUT2D eigenvalue weighted by atomic mass is 10.1. The standard InChI is InChI=1S/C26H19BrCl2N2O5S/c1-35-25-14-16(27)6-12-23(25)30-26(32)20-15-17(28)7-13-22(20)31-37(33,34)19-10-8-18(9-11-19)36-24-5-3-2-4-21(24)29/h2-15,31H,1H3,(H,30,32). The number of carbonyl (C=O) groups is 1. The summed E-state index contributed by atoms with van der Waals surface area (Å²) in [6.07, 6.45) is 0. The van der Waals surface area contributed by atoms with Gasteiger partial charge in [0.15, 0.2) is 0 Å². The van der Waals surface area contributed by atoms with Crippen molar-refractivity contribution in [3.63, 3.8) is 0 Å². The van der Waals surface area contributed by atoms with Crippen molar-refractivity contribution in [1.29, 1.82) is 0 Å². The molecule has 0 unspecified atom stereocenters. The fourth-order valence-electron chi connectivity index (χ4n) is 3.30. The molecule has 4 aromatic carbocycles. The third-order valence-corrected chi connectivity index (χ3v) is 7.50. The molecule has 0 bridgehead atoms. The zero-order valence-electron chi connectivity index (χ0n) is 19.2. The Morgan fingerprint density at radius 3 is 2.27 bits per heavy atom. The molecule has 0 aromatic heterocycles. The molecule has 11 heteroatoms. The number of anilines is 2. The van der Waals surface area contributed by atoms with E-state index in [0.29, 0.717) is 28.0 Å². The number of hydrogen-bond acceptors (Lipinski definition) is 5. The van der Waals surface area contributed by atoms with Crippen LogP contribution in [0.5, 0.6) is 17.2 Å². The lowest BCUT2D eigenvalue weighted by Crippen LogP contribution is -2.19. The van der Waals surface area contributed by atoms with Gasteiger partial charge in [-0.05, 0) is 72.8 Å². The number of ether oxygens (including phenoxy) is 2. The van der Waals surface area contributed by atoms with Crippen LogP contribution in [0.1, 0.15) is 10.4 Å². The first-order valence-corrected chi connectivity index (χ1v) is 13.7. The average Bonchev–Trinajstić information content (AvgIpc) is 2.87. The number of rotatable bonds is 8. The van der Waals surface area contributed by atoms with Gasteiger partial charge in [-0.3, -0.25) is 9.52 Å². The minimum absolute atomic E-state index is 0.0275. The van der Waals surface area contributed by atoms with Crippen LogP contribution in [0.3, 0.4) is 0 Å². The summed E-state index contributed by atoms with van der Waals surface area (Å²) in [4.78, 5) is 13.1. The number of methoxy groups -OCH3 is 1. The Balaban J connectivity index is 1.56. The fourth-order valence-corrected chi connectivity index (χ4v) is 5.06. The van der Waals surface area contributed by atoms with E-state index in [1.165, 1.54) is 49.6 Å². The molecule has 0 spiro atoms. The van der Waals surface area contributed by atoms with Crippen LogP contribution in [0.15, 0.2) is 94.3 Å². The third-order valence-electron chi connectivity index (χ3n) is 5.08. The third kappa shape index (κ3) is 6.56. The van der Waals surface area contributed by atoms with E-state index in [2.05, 4.69) is 26.0 Å². The molecule has 4 aromatic rings. The van der Waals surface area contributed by atoms with E-state index in [0.717, 1.165) is 4.47 Å². The molecule has 2 N–H and O–H groups in total. The minimum Gasteiger partial charge on any atom is -0.495 e. The number of sulfonamides is 1. The van der Waals surface area contributed by atoms with E-state index in [1.807, 2.05) is 0 Å². The van der Waals surface area contributed by atoms with Gasteiger partial charge in [-0.2, -0.15) is 0 Å². The monoisotopic (exact) mass is 620 g/mol. The summed E-state index contributed by atoms with van der Waals surface area (Å²) in [5, 5.41) is 3.41. The van der Waals surface area contributed by atoms with Crippen molar-refractivity contribution < 1.29 is 22.7 Å². The van der Waals surface area contributed by atoms with Crippen molar-refractivity contribution in [2.24, 2.45) is 0 Å². The summed E-state index contributed by atoms with van der Waals surface area (Å²) < 4.78 is 40.5. The first-order chi connectivity index (χ1) is 17.7. The molecule has 0 saturated carbocycles. The van der Waals surface area contributed by atoms with Gasteiger partial charge in [0.2, 0.25) is 0 Å². The zero-order valence-corrected chi connectivity index (χ0v) is 23.1. The summed E-state index contributed by atoms with van der Waals surface area (Å²) in [5.41, 5.74) is 0.479. The molecule has 37 heavy (non-hydrogen) atoms. The van der Waals surface area contributed by atoms with Crippen LogP contribution in [-0.2, 0) is 10.0 Å². The molecule has 4 rings (SSSR count). The van der Waals surface area contributed by atoms with E-state index < -0.39 is 15.9 Å². The Morgan fingerprint density at radius 2 is 1.57 bits per heavy atom. The highest BCUT2D eigenvalue weighted by molar-refractivity contribution is 9.10. The van der Waals surface area contributed by atoms with Gasteiger partial charge in [0, 0.05) is 9.50 Å². The van der Waals surface area contributed by atoms with Crippen molar-refractivity contribution >= 4 is 66.4 Å². The number of nitrogens with one attached hydrogen (secondary N) is 2. The van der Waals surface area contributed by atoms with Crippen LogP contribution in [0.2, 0.25) is 10.0 Å². The van der Waals surface area contributed by atoms with E-state index in [1.54, 1.807) is 42.5 Å². The summed E-state index contributed by atoms with van der Waals surface area (Å²) >= 11 is 15.6. The van der Waals surface area contributed by atoms with Crippen molar-refractivity contribution in [1.82, 2.24) is 0 Å². The summed E-state index contributed by atoms with van der Waals surface area (Å²) in [7, 11) is -2.58. The number of para-hydroxylation sites is 1. The lowest BCUT2D eigenvalue weighted by molar-refractivity contribution is 0.102. The molecule has 190 valence electrons. The smallest absolute Gasteiger partial charge is 0.261 e. The number of benzene rings is 4. The second-order valence-electron chi connectivity index (χ2n) is 7.60. The SMILES string of the molecule is COc1cc(Br)ccc1NC(=O)c1cc(Cl)ccc1NS(=O)(=O)c1ccc(Oc2ccccc2Cl)cc1. The molecule has 0 radical (unpaired) electrons. The van der Waals surface area contributed by atoms with E-state index >= 15 is 0 Å². The fraction of sp³-hybridized carbons (Fsp3) is 0.0385. The van der Waals surface area contributed by atoms with Crippen molar-refractivity contribution in [3.05, 3.63) is 105 Å². The number of hydrogen-bond donors (Lipinski definition) is 2. The number of halogens is 3. The van der Waals surface area contributed by atoms with E-state index in [-0.39, 0.29) is 21.2 Å². The first kappa shape index (κ1) is 26.8. The van der Waals surface area contributed by atoms with Gasteiger partial charge in [0.25, 0.3) is 15.9 Å². The summed E-state index contributed by atoms with van der Waals surface area (Å²) in [5.74, 6) is 0.689. The molecule has 0 atom stereocenters. The first-order valence-electron chi connectivity index (χ1n) is 10.7. The predicted octanol–water partition coefficient (Wildman–Crippen LogP) is 7.61. The molecular weight excluding hydrogens is 603 g/mol. The second-order valence-corrected chi connectivity index (χ2v) is 11.0. The van der Waals surface area contributed by atoms with Gasteiger partial charge >= 0.3 is 0 Å². The van der Waals surface area contributed by atoms with Crippen LogP contribution < -0.4 is 19.5 Å². The maximum Gasteiger partial charge on any atom is 0.261 e. The molecular formula is C26H19BrCl2N2O5S. The maximum atomic E-state index is 13.1. The number of amides is 1. The van der Waals surface area contributed by atoms with Crippen molar-refractivity contribution in [3.8, 4) is 17.2 Å². The summed E-state index contributed by atoms with van der Waals surface area (Å²) in [6.45, 7) is 0. The molecule has 0 aliphatic carbocycles. The molecule has 0 fully saturated rings. The Morgan fingerprint density at radius 1 is 0.865 bits per heavy atom. The van der Waals surface area contributed by atoms with Gasteiger partial charge < -0.3 is 14.8 Å². The Hall–Kier alpha value is -3.24. The van der Waals surface area contributed by atoms with Crippen LogP contribution >= 0.6 is 39.1 Å². The van der Waals surface area contributed by atoms with Crippen LogP contribution in [0, 0.1) is 0 Å². The Labute approximate surface area is 232 Å². The van der Waals surface area contributed by atoms with E-state index in [9.17, 15) is 13.2 Å². The normalized spacial score (nSPS) is 11.0. The lowest BCUT2D eigenvalue weighted by Gasteiger charge is -2.15. The average molecular weight is 622 g/mol. The zero-order chi connectivity index (χ0) is 26.6. The van der Waals surface area contributed by atoms with Gasteiger partial charge in [0.1, 0.15) is 17.2 Å². The van der Waals surface area contributed by atoms with Crippen LogP contribution in [0.25, 0.3) is 0 Å². The second kappa shape index (κ2) is 11.4. The molecule has 1 amide bonds. The van der Waals surface area contributed by atoms with Gasteiger partial charge in [-0.15, -0.1) is 0 Å². The largest absolute Gasteiger partial charge is 0.495 e. The highest BCUT2D eigenvalue weighted by Gasteiger charge is 2.20. The Kier molecular flexibility index (Phi) is 8.29. The molecule has 0 aliphatic rings. The highest BCUT2D eigenvalue weighted by atomic mass is 79.9. The van der Waals surface area contributed by atoms with E-state index in [4.69, 9.17) is 32.7 Å². The molecule has 0 saturated heterocycles. The molecule has 0 heterocycles. The maximum absolute atomic E-state index is 13.1. The van der Waals surface area contributed by atoms with Gasteiger partial charge in [-0.25, -0.2) is 8.42 Å². The number of carbonyl (C=O) groups excluding carboxylic acids is 1. The minimum atomic E-state index is -4.06. The Bertz CT molecular complexity index is 1560. The topological polar surface area (TPSA) is 93.7 Å². The highest BCUT2D eigenvalue weighted by Crippen LogP contribution is 2.32. The van der Waals surface area contributed by atoms with Crippen LogP contribution in [0.4, 0.5) is 11.4 Å². The van der Waals surface area contributed by atoms with Gasteiger partial charge in [-0.1, -0.05) is 51.3 Å². The summed E-state index contributed by atoms with van der Waals surface area (Å²) in [6, 6.07) is 22.1. The van der Waals surface area contributed by atoms with Crippen molar-refractivity contribution in [2.45, 2.75) is 4.90 Å².